The lowest BCUT2D eigenvalue weighted by molar-refractivity contribution is 0.496. The van der Waals surface area contributed by atoms with Crippen molar-refractivity contribution in [1.82, 2.24) is 0 Å². The van der Waals surface area contributed by atoms with Gasteiger partial charge in [0.15, 0.2) is 11.6 Å². The van der Waals surface area contributed by atoms with E-state index in [1.807, 2.05) is 0 Å². The molecule has 2 aromatic carbocycles. The van der Waals surface area contributed by atoms with Crippen LogP contribution in [0, 0.1) is 17.5 Å². The van der Waals surface area contributed by atoms with Crippen molar-refractivity contribution in [3.63, 3.8) is 0 Å². The van der Waals surface area contributed by atoms with Crippen LogP contribution >= 0.6 is 11.6 Å². The molecule has 2 rings (SSSR count). The van der Waals surface area contributed by atoms with Crippen LogP contribution in [0.1, 0.15) is 18.5 Å². The molecule has 0 bridgehead atoms. The van der Waals surface area contributed by atoms with Crippen LogP contribution in [0.25, 0.3) is 11.1 Å². The van der Waals surface area contributed by atoms with Gasteiger partial charge in [-0.25, -0.2) is 13.2 Å². The molecule has 1 atom stereocenters. The Bertz CT molecular complexity index is 626. The Morgan fingerprint density at radius 2 is 1.63 bits per heavy atom. The fourth-order valence-corrected chi connectivity index (χ4v) is 2.16. The monoisotopic (exact) mass is 285 g/mol. The summed E-state index contributed by atoms with van der Waals surface area (Å²) in [6.45, 7) is 1.76. The van der Waals surface area contributed by atoms with E-state index >= 15 is 0 Å². The van der Waals surface area contributed by atoms with Gasteiger partial charge in [0.25, 0.3) is 0 Å². The van der Waals surface area contributed by atoms with Gasteiger partial charge in [0.1, 0.15) is 5.82 Å². The van der Waals surface area contributed by atoms with Gasteiger partial charge >= 0.3 is 0 Å². The first kappa shape index (κ1) is 13.9. The zero-order chi connectivity index (χ0) is 14.2. The van der Waals surface area contributed by atoms with Crippen molar-refractivity contribution in [2.75, 3.05) is 0 Å². The molecule has 2 N–H and O–H groups in total. The molecule has 1 nitrogen and oxygen atoms in total. The Morgan fingerprint density at radius 1 is 1.00 bits per heavy atom. The Labute approximate surface area is 113 Å². The SMILES string of the molecule is CC(N)c1ccc(-c2cc(F)c(F)cc2F)cc1Cl. The molecule has 0 spiro atoms. The van der Waals surface area contributed by atoms with Crippen molar-refractivity contribution in [3.8, 4) is 11.1 Å². The number of hydrogen-bond acceptors (Lipinski definition) is 1. The van der Waals surface area contributed by atoms with Crippen molar-refractivity contribution in [2.45, 2.75) is 13.0 Å². The number of benzene rings is 2. The molecule has 19 heavy (non-hydrogen) atoms. The molecule has 0 saturated carbocycles. The Morgan fingerprint density at radius 3 is 2.21 bits per heavy atom. The van der Waals surface area contributed by atoms with E-state index < -0.39 is 17.5 Å². The largest absolute Gasteiger partial charge is 0.324 e. The molecule has 0 saturated heterocycles. The van der Waals surface area contributed by atoms with Crippen LogP contribution in [0.2, 0.25) is 5.02 Å². The third-order valence-corrected chi connectivity index (χ3v) is 3.14. The first-order valence-corrected chi connectivity index (χ1v) is 5.98. The zero-order valence-corrected chi connectivity index (χ0v) is 10.8. The lowest BCUT2D eigenvalue weighted by Crippen LogP contribution is -2.05. The van der Waals surface area contributed by atoms with Gasteiger partial charge in [-0.3, -0.25) is 0 Å². The molecule has 5 heteroatoms. The van der Waals surface area contributed by atoms with Crippen LogP contribution in [0.15, 0.2) is 30.3 Å². The fourth-order valence-electron chi connectivity index (χ4n) is 1.81. The summed E-state index contributed by atoms with van der Waals surface area (Å²) in [6, 6.07) is 5.75. The number of hydrogen-bond donors (Lipinski definition) is 1. The molecule has 0 aliphatic carbocycles. The van der Waals surface area contributed by atoms with Gasteiger partial charge in [-0.15, -0.1) is 0 Å². The van der Waals surface area contributed by atoms with E-state index in [-0.39, 0.29) is 11.6 Å². The Kier molecular flexibility index (Phi) is 3.83. The topological polar surface area (TPSA) is 26.0 Å². The summed E-state index contributed by atoms with van der Waals surface area (Å²) in [5.74, 6) is -3.17. The summed E-state index contributed by atoms with van der Waals surface area (Å²) in [7, 11) is 0. The highest BCUT2D eigenvalue weighted by atomic mass is 35.5. The molecular weight excluding hydrogens is 275 g/mol. The third-order valence-electron chi connectivity index (χ3n) is 2.81. The quantitative estimate of drug-likeness (QED) is 0.811. The number of rotatable bonds is 2. The second-order valence-electron chi connectivity index (χ2n) is 4.27. The third kappa shape index (κ3) is 2.74. The van der Waals surface area contributed by atoms with Crippen molar-refractivity contribution in [1.29, 1.82) is 0 Å². The van der Waals surface area contributed by atoms with E-state index in [4.69, 9.17) is 17.3 Å². The summed E-state index contributed by atoms with van der Waals surface area (Å²) >= 11 is 6.03. The molecule has 0 amide bonds. The van der Waals surface area contributed by atoms with E-state index in [1.165, 1.54) is 6.07 Å². The molecule has 0 fully saturated rings. The average Bonchev–Trinajstić information content (AvgIpc) is 2.33. The standard InChI is InChI=1S/C14H11ClF3N/c1-7(19)9-3-2-8(4-11(9)15)10-5-13(17)14(18)6-12(10)16/h2-7H,19H2,1H3. The summed E-state index contributed by atoms with van der Waals surface area (Å²) in [4.78, 5) is 0. The molecule has 0 aliphatic heterocycles. The predicted molar refractivity (Wildman–Crippen MR) is 69.4 cm³/mol. The Hall–Kier alpha value is -1.52. The molecule has 1 unspecified atom stereocenters. The number of halogens is 4. The maximum Gasteiger partial charge on any atom is 0.161 e. The van der Waals surface area contributed by atoms with E-state index in [0.717, 1.165) is 6.07 Å². The van der Waals surface area contributed by atoms with Crippen LogP contribution in [0.4, 0.5) is 13.2 Å². The highest BCUT2D eigenvalue weighted by Gasteiger charge is 2.13. The van der Waals surface area contributed by atoms with Crippen LogP contribution < -0.4 is 5.73 Å². The van der Waals surface area contributed by atoms with E-state index in [9.17, 15) is 13.2 Å². The maximum absolute atomic E-state index is 13.6. The van der Waals surface area contributed by atoms with Crippen molar-refractivity contribution in [2.24, 2.45) is 5.73 Å². The molecular formula is C14H11ClF3N. The molecule has 100 valence electrons. The van der Waals surface area contributed by atoms with Crippen LogP contribution in [0.3, 0.4) is 0 Å². The van der Waals surface area contributed by atoms with Gasteiger partial charge in [-0.2, -0.15) is 0 Å². The van der Waals surface area contributed by atoms with Gasteiger partial charge < -0.3 is 5.73 Å². The van der Waals surface area contributed by atoms with Gasteiger partial charge in [0.2, 0.25) is 0 Å². The Balaban J connectivity index is 2.54. The van der Waals surface area contributed by atoms with Crippen LogP contribution in [-0.4, -0.2) is 0 Å². The minimum absolute atomic E-state index is 0.0444. The van der Waals surface area contributed by atoms with Gasteiger partial charge in [0, 0.05) is 22.7 Å². The average molecular weight is 286 g/mol. The molecule has 2 aromatic rings. The van der Waals surface area contributed by atoms with Crippen LogP contribution in [-0.2, 0) is 0 Å². The van der Waals surface area contributed by atoms with Crippen molar-refractivity contribution >= 4 is 11.6 Å². The van der Waals surface area contributed by atoms with Crippen LogP contribution in [0.5, 0.6) is 0 Å². The molecule has 0 aliphatic rings. The zero-order valence-electron chi connectivity index (χ0n) is 10.1. The second kappa shape index (κ2) is 5.23. The summed E-state index contributed by atoms with van der Waals surface area (Å²) < 4.78 is 39.7. The van der Waals surface area contributed by atoms with E-state index in [2.05, 4.69) is 0 Å². The molecule has 0 aromatic heterocycles. The fraction of sp³-hybridized carbons (Fsp3) is 0.143. The first-order valence-electron chi connectivity index (χ1n) is 5.60. The smallest absolute Gasteiger partial charge is 0.161 e. The van der Waals surface area contributed by atoms with Gasteiger partial charge in [0.05, 0.1) is 0 Å². The summed E-state index contributed by atoms with van der Waals surface area (Å²) in [5.41, 5.74) is 6.73. The summed E-state index contributed by atoms with van der Waals surface area (Å²) in [5, 5.41) is 0.358. The highest BCUT2D eigenvalue weighted by Crippen LogP contribution is 2.30. The van der Waals surface area contributed by atoms with Crippen molar-refractivity contribution < 1.29 is 13.2 Å². The van der Waals surface area contributed by atoms with E-state index in [1.54, 1.807) is 19.1 Å². The number of nitrogens with two attached hydrogens (primary N) is 1. The lowest BCUT2D eigenvalue weighted by Gasteiger charge is -2.11. The predicted octanol–water partition coefficient (Wildman–Crippen LogP) is 4.44. The molecule has 0 heterocycles. The van der Waals surface area contributed by atoms with Gasteiger partial charge in [-0.05, 0) is 30.2 Å². The molecule has 0 radical (unpaired) electrons. The minimum atomic E-state index is -1.22. The van der Waals surface area contributed by atoms with E-state index in [0.29, 0.717) is 22.2 Å². The lowest BCUT2D eigenvalue weighted by atomic mass is 10.0. The highest BCUT2D eigenvalue weighted by molar-refractivity contribution is 6.31. The maximum atomic E-state index is 13.6. The minimum Gasteiger partial charge on any atom is -0.324 e. The van der Waals surface area contributed by atoms with Crippen molar-refractivity contribution in [3.05, 3.63) is 58.4 Å². The normalized spacial score (nSPS) is 12.5. The summed E-state index contributed by atoms with van der Waals surface area (Å²) in [6.07, 6.45) is 0. The second-order valence-corrected chi connectivity index (χ2v) is 4.68. The van der Waals surface area contributed by atoms with Gasteiger partial charge in [-0.1, -0.05) is 23.7 Å². The first-order chi connectivity index (χ1) is 8.90.